The molecule has 0 radical (unpaired) electrons. The van der Waals surface area contributed by atoms with Crippen molar-refractivity contribution in [2.75, 3.05) is 17.6 Å². The van der Waals surface area contributed by atoms with Gasteiger partial charge in [0.1, 0.15) is 5.69 Å². The van der Waals surface area contributed by atoms with Crippen molar-refractivity contribution in [2.24, 2.45) is 0 Å². The number of benzene rings is 1. The third-order valence-electron chi connectivity index (χ3n) is 4.56. The quantitative estimate of drug-likeness (QED) is 0.253. The fourth-order valence-electron chi connectivity index (χ4n) is 3.04. The highest BCUT2D eigenvalue weighted by molar-refractivity contribution is 6.36. The number of halogens is 2. The Kier molecular flexibility index (Phi) is 7.38. The fraction of sp³-hybridized carbons (Fsp3) is 0.100. The zero-order chi connectivity index (χ0) is 22.7. The standard InChI is InChI=1S/C20H16Cl2N8O2.H3N/c21-12-1-3-14(15(22)9-12)18-17(29-8-7-24-11-29)10-26-20(28-18)25-6-5-13-2-4-16(30(31)32)19(23)27-13;/h1-4,7-11H,5-6H2,(H2,23,27)(H,25,26,28);1H3. The van der Waals surface area contributed by atoms with Crippen molar-refractivity contribution >= 4 is 40.7 Å². The van der Waals surface area contributed by atoms with E-state index in [1.807, 2.05) is 0 Å². The Hall–Kier alpha value is -3.80. The first kappa shape index (κ1) is 23.9. The number of imidazole rings is 1. The summed E-state index contributed by atoms with van der Waals surface area (Å²) >= 11 is 12.5. The van der Waals surface area contributed by atoms with Gasteiger partial charge >= 0.3 is 5.69 Å². The largest absolute Gasteiger partial charge is 0.378 e. The summed E-state index contributed by atoms with van der Waals surface area (Å²) in [5.74, 6) is 0.262. The summed E-state index contributed by atoms with van der Waals surface area (Å²) in [6.07, 6.45) is 7.21. The van der Waals surface area contributed by atoms with Gasteiger partial charge in [0.2, 0.25) is 11.8 Å². The molecule has 6 N–H and O–H groups in total. The van der Waals surface area contributed by atoms with Crippen LogP contribution in [0.1, 0.15) is 5.69 Å². The van der Waals surface area contributed by atoms with Crippen LogP contribution in [0.4, 0.5) is 17.5 Å². The molecule has 0 aliphatic carbocycles. The summed E-state index contributed by atoms with van der Waals surface area (Å²) in [7, 11) is 0. The van der Waals surface area contributed by atoms with Crippen molar-refractivity contribution in [3.63, 3.8) is 0 Å². The van der Waals surface area contributed by atoms with Gasteiger partial charge in [-0.1, -0.05) is 23.2 Å². The molecule has 0 spiro atoms. The van der Waals surface area contributed by atoms with Crippen LogP contribution in [-0.4, -0.2) is 36.0 Å². The molecule has 0 saturated carbocycles. The van der Waals surface area contributed by atoms with Crippen molar-refractivity contribution in [3.8, 4) is 16.9 Å². The van der Waals surface area contributed by atoms with Gasteiger partial charge < -0.3 is 21.8 Å². The Bertz CT molecular complexity index is 1280. The van der Waals surface area contributed by atoms with Gasteiger partial charge in [0.25, 0.3) is 0 Å². The van der Waals surface area contributed by atoms with Crippen LogP contribution in [0, 0.1) is 10.1 Å². The summed E-state index contributed by atoms with van der Waals surface area (Å²) in [6.45, 7) is 0.433. The minimum atomic E-state index is -0.566. The van der Waals surface area contributed by atoms with Crippen LogP contribution in [0.25, 0.3) is 16.9 Å². The van der Waals surface area contributed by atoms with Gasteiger partial charge in [0, 0.05) is 47.7 Å². The second-order valence-electron chi connectivity index (χ2n) is 6.66. The number of nitrogen functional groups attached to an aromatic ring is 1. The minimum Gasteiger partial charge on any atom is -0.378 e. The molecule has 33 heavy (non-hydrogen) atoms. The number of hydrogen-bond acceptors (Lipinski definition) is 9. The first-order chi connectivity index (χ1) is 15.4. The number of nitrogens with one attached hydrogen (secondary N) is 1. The lowest BCUT2D eigenvalue weighted by Gasteiger charge is -2.13. The summed E-state index contributed by atoms with van der Waals surface area (Å²) in [5, 5.41) is 15.0. The van der Waals surface area contributed by atoms with Crippen LogP contribution in [-0.2, 0) is 6.42 Å². The molecular formula is C20H19Cl2N9O2. The van der Waals surface area contributed by atoms with Gasteiger partial charge in [0.05, 0.1) is 28.2 Å². The Morgan fingerprint density at radius 1 is 1.18 bits per heavy atom. The zero-order valence-electron chi connectivity index (χ0n) is 17.2. The molecule has 13 heteroatoms. The van der Waals surface area contributed by atoms with E-state index in [0.717, 1.165) is 0 Å². The Balaban J connectivity index is 0.00000306. The van der Waals surface area contributed by atoms with Gasteiger partial charge in [-0.25, -0.2) is 19.9 Å². The SMILES string of the molecule is N.Nc1nc(CCNc2ncc(-n3ccnc3)c(-c3ccc(Cl)cc3Cl)n2)ccc1[N+](=O)[O-]. The maximum absolute atomic E-state index is 10.9. The second-order valence-corrected chi connectivity index (χ2v) is 7.51. The highest BCUT2D eigenvalue weighted by Gasteiger charge is 2.15. The number of nitrogens with zero attached hydrogens (tertiary/aromatic N) is 6. The van der Waals surface area contributed by atoms with Gasteiger partial charge in [-0.05, 0) is 24.3 Å². The molecule has 170 valence electrons. The number of nitro groups is 1. The number of pyridine rings is 1. The average molecular weight is 488 g/mol. The van der Waals surface area contributed by atoms with Gasteiger partial charge in [-0.3, -0.25) is 10.1 Å². The maximum atomic E-state index is 10.9. The molecule has 4 rings (SSSR count). The molecule has 0 atom stereocenters. The topological polar surface area (TPSA) is 173 Å². The molecule has 0 saturated heterocycles. The van der Waals surface area contributed by atoms with Crippen LogP contribution in [0.3, 0.4) is 0 Å². The predicted octanol–water partition coefficient (Wildman–Crippen LogP) is 4.34. The monoisotopic (exact) mass is 487 g/mol. The highest BCUT2D eigenvalue weighted by Crippen LogP contribution is 2.33. The molecule has 0 aliphatic rings. The summed E-state index contributed by atoms with van der Waals surface area (Å²) in [5.41, 5.74) is 8.02. The van der Waals surface area contributed by atoms with Crippen LogP contribution < -0.4 is 17.2 Å². The molecule has 0 bridgehead atoms. The molecule has 3 aromatic heterocycles. The molecule has 1 aromatic carbocycles. The smallest absolute Gasteiger partial charge is 0.311 e. The number of nitrogens with two attached hydrogens (primary N) is 1. The van der Waals surface area contributed by atoms with E-state index in [-0.39, 0.29) is 17.7 Å². The Morgan fingerprint density at radius 2 is 2.00 bits per heavy atom. The molecule has 0 amide bonds. The molecule has 0 aliphatic heterocycles. The van der Waals surface area contributed by atoms with E-state index in [4.69, 9.17) is 28.9 Å². The van der Waals surface area contributed by atoms with E-state index in [9.17, 15) is 10.1 Å². The zero-order valence-corrected chi connectivity index (χ0v) is 18.7. The molecule has 4 aromatic rings. The fourth-order valence-corrected chi connectivity index (χ4v) is 3.53. The predicted molar refractivity (Wildman–Crippen MR) is 127 cm³/mol. The van der Waals surface area contributed by atoms with E-state index in [1.165, 1.54) is 6.07 Å². The normalized spacial score (nSPS) is 10.5. The maximum Gasteiger partial charge on any atom is 0.311 e. The molecule has 0 unspecified atom stereocenters. The first-order valence-electron chi connectivity index (χ1n) is 9.37. The number of anilines is 2. The van der Waals surface area contributed by atoms with E-state index in [0.29, 0.717) is 51.6 Å². The van der Waals surface area contributed by atoms with E-state index >= 15 is 0 Å². The summed E-state index contributed by atoms with van der Waals surface area (Å²) in [6, 6.07) is 8.09. The lowest BCUT2D eigenvalue weighted by atomic mass is 10.1. The van der Waals surface area contributed by atoms with Crippen molar-refractivity contribution in [3.05, 3.63) is 81.1 Å². The third-order valence-corrected chi connectivity index (χ3v) is 5.11. The lowest BCUT2D eigenvalue weighted by Crippen LogP contribution is -2.11. The molecule has 3 heterocycles. The number of rotatable bonds is 7. The number of hydrogen-bond donors (Lipinski definition) is 3. The van der Waals surface area contributed by atoms with Crippen LogP contribution in [0.2, 0.25) is 10.0 Å². The second kappa shape index (κ2) is 10.2. The molecule has 0 fully saturated rings. The lowest BCUT2D eigenvalue weighted by molar-refractivity contribution is -0.384. The molecular weight excluding hydrogens is 469 g/mol. The van der Waals surface area contributed by atoms with Crippen LogP contribution >= 0.6 is 23.2 Å². The van der Waals surface area contributed by atoms with Gasteiger partial charge in [-0.15, -0.1) is 0 Å². The van der Waals surface area contributed by atoms with Gasteiger partial charge in [-0.2, -0.15) is 0 Å². The van der Waals surface area contributed by atoms with Crippen molar-refractivity contribution in [2.45, 2.75) is 6.42 Å². The van der Waals surface area contributed by atoms with Crippen LogP contribution in [0.15, 0.2) is 55.2 Å². The highest BCUT2D eigenvalue weighted by atomic mass is 35.5. The van der Waals surface area contributed by atoms with Crippen molar-refractivity contribution < 1.29 is 4.92 Å². The minimum absolute atomic E-state index is 0. The summed E-state index contributed by atoms with van der Waals surface area (Å²) in [4.78, 5) is 27.5. The molecule has 11 nitrogen and oxygen atoms in total. The van der Waals surface area contributed by atoms with Crippen molar-refractivity contribution in [1.29, 1.82) is 0 Å². The number of aromatic nitrogens is 5. The van der Waals surface area contributed by atoms with Crippen LogP contribution in [0.5, 0.6) is 0 Å². The Labute approximate surface area is 198 Å². The summed E-state index contributed by atoms with van der Waals surface area (Å²) < 4.78 is 1.79. The van der Waals surface area contributed by atoms with Crippen molar-refractivity contribution in [1.82, 2.24) is 30.7 Å². The van der Waals surface area contributed by atoms with E-state index in [2.05, 4.69) is 25.3 Å². The van der Waals surface area contributed by atoms with E-state index in [1.54, 1.807) is 53.8 Å². The van der Waals surface area contributed by atoms with E-state index < -0.39 is 4.92 Å². The third kappa shape index (κ3) is 5.34. The Morgan fingerprint density at radius 3 is 2.67 bits per heavy atom. The average Bonchev–Trinajstić information content (AvgIpc) is 3.28. The van der Waals surface area contributed by atoms with Gasteiger partial charge in [0.15, 0.2) is 0 Å². The first-order valence-corrected chi connectivity index (χ1v) is 10.1.